The van der Waals surface area contributed by atoms with Crippen LogP contribution in [-0.2, 0) is 9.53 Å². The Morgan fingerprint density at radius 3 is 2.85 bits per heavy atom. The number of nitrogens with one attached hydrogen (secondary N) is 2. The molecule has 1 amide bonds. The summed E-state index contributed by atoms with van der Waals surface area (Å²) < 4.78 is 5.41. The van der Waals surface area contributed by atoms with Gasteiger partial charge < -0.3 is 15.4 Å². The molecule has 0 radical (unpaired) electrons. The second kappa shape index (κ2) is 6.37. The van der Waals surface area contributed by atoms with Crippen molar-refractivity contribution >= 4 is 11.6 Å². The van der Waals surface area contributed by atoms with Gasteiger partial charge in [-0.25, -0.2) is 0 Å². The molecule has 0 bridgehead atoms. The van der Waals surface area contributed by atoms with Crippen molar-refractivity contribution < 1.29 is 9.53 Å². The summed E-state index contributed by atoms with van der Waals surface area (Å²) in [5.41, 5.74) is 1.97. The monoisotopic (exact) mass is 276 g/mol. The Morgan fingerprint density at radius 1 is 1.45 bits per heavy atom. The van der Waals surface area contributed by atoms with Crippen LogP contribution in [0.25, 0.3) is 0 Å². The van der Waals surface area contributed by atoms with Gasteiger partial charge in [0, 0.05) is 30.3 Å². The van der Waals surface area contributed by atoms with E-state index in [0.717, 1.165) is 30.9 Å². The maximum absolute atomic E-state index is 12.1. The van der Waals surface area contributed by atoms with Crippen LogP contribution in [0.2, 0.25) is 0 Å². The van der Waals surface area contributed by atoms with Gasteiger partial charge in [-0.05, 0) is 38.8 Å². The Hall–Kier alpha value is -1.39. The first-order valence-electron chi connectivity index (χ1n) is 7.19. The lowest BCUT2D eigenvalue weighted by atomic mass is 10.00. The Kier molecular flexibility index (Phi) is 4.78. The van der Waals surface area contributed by atoms with E-state index in [1.54, 1.807) is 0 Å². The smallest absolute Gasteiger partial charge is 0.225 e. The van der Waals surface area contributed by atoms with E-state index in [4.69, 9.17) is 4.74 Å². The number of aryl methyl sites for hydroxylation is 1. The minimum Gasteiger partial charge on any atom is -0.379 e. The van der Waals surface area contributed by atoms with E-state index in [0.29, 0.717) is 6.42 Å². The number of carbonyl (C=O) groups excluding carboxylic acids is 1. The third-order valence-electron chi connectivity index (χ3n) is 3.72. The first kappa shape index (κ1) is 15.0. The van der Waals surface area contributed by atoms with E-state index in [9.17, 15) is 4.79 Å². The first-order chi connectivity index (χ1) is 9.48. The van der Waals surface area contributed by atoms with Crippen LogP contribution in [0, 0.1) is 6.92 Å². The fourth-order valence-corrected chi connectivity index (χ4v) is 2.62. The molecule has 4 nitrogen and oxygen atoms in total. The molecule has 1 aromatic carbocycles. The SMILES string of the molecule is Cc1ccccc1NC(=O)C[C@@H](C)N[C@]1(C)CCOC1. The van der Waals surface area contributed by atoms with Crippen molar-refractivity contribution in [1.29, 1.82) is 0 Å². The number of anilines is 1. The average Bonchev–Trinajstić information content (AvgIpc) is 2.78. The van der Waals surface area contributed by atoms with Crippen LogP contribution in [-0.4, -0.2) is 30.7 Å². The zero-order valence-electron chi connectivity index (χ0n) is 12.5. The maximum Gasteiger partial charge on any atom is 0.225 e. The minimum atomic E-state index is 0.00234. The molecular weight excluding hydrogens is 252 g/mol. The summed E-state index contributed by atoms with van der Waals surface area (Å²) in [5.74, 6) is 0.0433. The minimum absolute atomic E-state index is 0.00234. The van der Waals surface area contributed by atoms with Gasteiger partial charge >= 0.3 is 0 Å². The van der Waals surface area contributed by atoms with E-state index >= 15 is 0 Å². The van der Waals surface area contributed by atoms with Gasteiger partial charge in [0.2, 0.25) is 5.91 Å². The predicted octanol–water partition coefficient (Wildman–Crippen LogP) is 2.48. The van der Waals surface area contributed by atoms with E-state index in [1.807, 2.05) is 38.1 Å². The first-order valence-corrected chi connectivity index (χ1v) is 7.19. The highest BCUT2D eigenvalue weighted by atomic mass is 16.5. The fourth-order valence-electron chi connectivity index (χ4n) is 2.62. The van der Waals surface area contributed by atoms with Crippen molar-refractivity contribution in [1.82, 2.24) is 5.32 Å². The zero-order valence-corrected chi connectivity index (χ0v) is 12.5. The van der Waals surface area contributed by atoms with Gasteiger partial charge in [-0.3, -0.25) is 4.79 Å². The average molecular weight is 276 g/mol. The molecule has 1 aliphatic heterocycles. The zero-order chi connectivity index (χ0) is 14.6. The molecule has 1 aliphatic rings. The molecule has 2 rings (SSSR count). The van der Waals surface area contributed by atoms with Crippen LogP contribution in [0.5, 0.6) is 0 Å². The standard InChI is InChI=1S/C16H24N2O2/c1-12-6-4-5-7-14(12)17-15(19)10-13(2)18-16(3)8-9-20-11-16/h4-7,13,18H,8-11H2,1-3H3,(H,17,19)/t13-,16-/m1/s1. The number of hydrogen-bond donors (Lipinski definition) is 2. The van der Waals surface area contributed by atoms with E-state index in [2.05, 4.69) is 17.6 Å². The molecule has 4 heteroatoms. The Morgan fingerprint density at radius 2 is 2.20 bits per heavy atom. The van der Waals surface area contributed by atoms with Crippen LogP contribution in [0.4, 0.5) is 5.69 Å². The Balaban J connectivity index is 1.83. The van der Waals surface area contributed by atoms with Crippen LogP contribution < -0.4 is 10.6 Å². The highest BCUT2D eigenvalue weighted by molar-refractivity contribution is 5.91. The molecule has 1 aromatic rings. The van der Waals surface area contributed by atoms with Gasteiger partial charge in [0.05, 0.1) is 6.61 Å². The number of para-hydroxylation sites is 1. The van der Waals surface area contributed by atoms with Gasteiger partial charge in [-0.2, -0.15) is 0 Å². The summed E-state index contributed by atoms with van der Waals surface area (Å²) in [6.07, 6.45) is 1.46. The summed E-state index contributed by atoms with van der Waals surface area (Å²) in [4.78, 5) is 12.1. The number of hydrogen-bond acceptors (Lipinski definition) is 3. The molecule has 0 saturated carbocycles. The molecule has 1 saturated heterocycles. The number of benzene rings is 1. The summed E-state index contributed by atoms with van der Waals surface area (Å²) in [5, 5.41) is 6.47. The van der Waals surface area contributed by atoms with E-state index in [1.165, 1.54) is 0 Å². The molecule has 1 heterocycles. The van der Waals surface area contributed by atoms with Crippen molar-refractivity contribution in [3.05, 3.63) is 29.8 Å². The van der Waals surface area contributed by atoms with Crippen LogP contribution in [0.3, 0.4) is 0 Å². The summed E-state index contributed by atoms with van der Waals surface area (Å²) in [7, 11) is 0. The van der Waals surface area contributed by atoms with Crippen molar-refractivity contribution in [2.45, 2.75) is 45.2 Å². The van der Waals surface area contributed by atoms with E-state index < -0.39 is 0 Å². The quantitative estimate of drug-likeness (QED) is 0.868. The lowest BCUT2D eigenvalue weighted by Gasteiger charge is -2.28. The summed E-state index contributed by atoms with van der Waals surface area (Å²) in [6.45, 7) is 7.70. The van der Waals surface area contributed by atoms with Gasteiger partial charge in [-0.15, -0.1) is 0 Å². The van der Waals surface area contributed by atoms with Gasteiger partial charge in [-0.1, -0.05) is 18.2 Å². The molecule has 0 aliphatic carbocycles. The van der Waals surface area contributed by atoms with Crippen molar-refractivity contribution in [3.63, 3.8) is 0 Å². The fraction of sp³-hybridized carbons (Fsp3) is 0.562. The summed E-state index contributed by atoms with van der Waals surface area (Å²) >= 11 is 0. The topological polar surface area (TPSA) is 50.4 Å². The van der Waals surface area contributed by atoms with Gasteiger partial charge in [0.15, 0.2) is 0 Å². The number of rotatable bonds is 5. The summed E-state index contributed by atoms with van der Waals surface area (Å²) in [6, 6.07) is 7.95. The lowest BCUT2D eigenvalue weighted by molar-refractivity contribution is -0.116. The van der Waals surface area contributed by atoms with Crippen LogP contribution >= 0.6 is 0 Å². The maximum atomic E-state index is 12.1. The number of amides is 1. The second-order valence-electron chi connectivity index (χ2n) is 5.98. The highest BCUT2D eigenvalue weighted by Crippen LogP contribution is 2.19. The molecular formula is C16H24N2O2. The molecule has 20 heavy (non-hydrogen) atoms. The van der Waals surface area contributed by atoms with E-state index in [-0.39, 0.29) is 17.5 Å². The highest BCUT2D eigenvalue weighted by Gasteiger charge is 2.31. The molecule has 0 spiro atoms. The molecule has 2 N–H and O–H groups in total. The van der Waals surface area contributed by atoms with Crippen molar-refractivity contribution in [2.24, 2.45) is 0 Å². The van der Waals surface area contributed by atoms with Crippen LogP contribution in [0.1, 0.15) is 32.3 Å². The number of carbonyl (C=O) groups is 1. The number of ether oxygens (including phenoxy) is 1. The van der Waals surface area contributed by atoms with Gasteiger partial charge in [0.1, 0.15) is 0 Å². The van der Waals surface area contributed by atoms with Crippen molar-refractivity contribution in [3.8, 4) is 0 Å². The van der Waals surface area contributed by atoms with Gasteiger partial charge in [0.25, 0.3) is 0 Å². The third-order valence-corrected chi connectivity index (χ3v) is 3.72. The van der Waals surface area contributed by atoms with Crippen molar-refractivity contribution in [2.75, 3.05) is 18.5 Å². The normalized spacial score (nSPS) is 23.6. The Bertz CT molecular complexity index is 467. The van der Waals surface area contributed by atoms with Crippen LogP contribution in [0.15, 0.2) is 24.3 Å². The molecule has 110 valence electrons. The third kappa shape index (κ3) is 4.05. The Labute approximate surface area is 120 Å². The largest absolute Gasteiger partial charge is 0.379 e. The second-order valence-corrected chi connectivity index (χ2v) is 5.98. The molecule has 0 aromatic heterocycles. The molecule has 0 unspecified atom stereocenters. The molecule has 1 fully saturated rings. The molecule has 2 atom stereocenters. The predicted molar refractivity (Wildman–Crippen MR) is 80.9 cm³/mol. The lowest BCUT2D eigenvalue weighted by Crippen LogP contribution is -2.48.